The number of piperazine rings is 1. The molecule has 0 aliphatic carbocycles. The minimum atomic E-state index is -4.80. The molecule has 0 amide bonds. The van der Waals surface area contributed by atoms with E-state index in [2.05, 4.69) is 0 Å². The summed E-state index contributed by atoms with van der Waals surface area (Å²) >= 11 is 0. The lowest BCUT2D eigenvalue weighted by molar-refractivity contribution is -0.140. The number of carboxylic acid groups (broad SMARTS) is 1. The first-order valence-electron chi connectivity index (χ1n) is 9.75. The van der Waals surface area contributed by atoms with E-state index >= 15 is 0 Å². The van der Waals surface area contributed by atoms with Crippen molar-refractivity contribution in [1.29, 1.82) is 0 Å². The number of sulfonamides is 1. The maximum atomic E-state index is 14.0. The molecule has 6 nitrogen and oxygen atoms in total. The normalized spacial score (nSPS) is 18.1. The van der Waals surface area contributed by atoms with E-state index in [1.54, 1.807) is 24.8 Å². The van der Waals surface area contributed by atoms with Crippen LogP contribution in [0.25, 0.3) is 0 Å². The summed E-state index contributed by atoms with van der Waals surface area (Å²) in [4.78, 5) is 12.7. The zero-order chi connectivity index (χ0) is 23.8. The fourth-order valence-corrected chi connectivity index (χ4v) is 5.42. The number of carbonyl (C=O) groups is 1. The molecule has 1 heterocycles. The molecule has 11 heteroatoms. The number of hydrogen-bond donors (Lipinski definition) is 1. The maximum Gasteiger partial charge on any atom is 0.419 e. The van der Waals surface area contributed by atoms with Gasteiger partial charge >= 0.3 is 12.1 Å². The van der Waals surface area contributed by atoms with Gasteiger partial charge in [-0.05, 0) is 55.3 Å². The molecule has 1 unspecified atom stereocenters. The largest absolute Gasteiger partial charge is 0.481 e. The van der Waals surface area contributed by atoms with Crippen LogP contribution in [-0.2, 0) is 27.4 Å². The van der Waals surface area contributed by atoms with Crippen molar-refractivity contribution >= 4 is 21.7 Å². The number of anilines is 1. The number of alkyl halides is 3. The number of nitrogens with zero attached hydrogens (tertiary/aromatic N) is 2. The Morgan fingerprint density at radius 2 is 1.84 bits per heavy atom. The smallest absolute Gasteiger partial charge is 0.419 e. The molecular formula is C21H22F4N2O4S. The monoisotopic (exact) mass is 474 g/mol. The van der Waals surface area contributed by atoms with E-state index in [0.717, 1.165) is 6.07 Å². The lowest BCUT2D eigenvalue weighted by Gasteiger charge is -2.40. The summed E-state index contributed by atoms with van der Waals surface area (Å²) in [7, 11) is -3.94. The number of benzene rings is 2. The Morgan fingerprint density at radius 1 is 1.16 bits per heavy atom. The lowest BCUT2D eigenvalue weighted by atomic mass is 10.1. The molecule has 2 aromatic rings. The molecule has 0 spiro atoms. The molecule has 1 saturated heterocycles. The Balaban J connectivity index is 1.81. The van der Waals surface area contributed by atoms with Crippen molar-refractivity contribution in [1.82, 2.24) is 4.31 Å². The van der Waals surface area contributed by atoms with E-state index in [1.807, 2.05) is 0 Å². The fraction of sp³-hybridized carbons (Fsp3) is 0.381. The number of halogens is 4. The van der Waals surface area contributed by atoms with Gasteiger partial charge in [-0.3, -0.25) is 4.79 Å². The Hall–Kier alpha value is -2.66. The van der Waals surface area contributed by atoms with E-state index in [4.69, 9.17) is 5.11 Å². The molecule has 1 fully saturated rings. The molecule has 2 aromatic carbocycles. The molecule has 0 radical (unpaired) electrons. The van der Waals surface area contributed by atoms with Gasteiger partial charge in [0.05, 0.1) is 16.9 Å². The SMILES string of the molecule is Cc1ccc(S(=O)(=O)N2CCN(c3ccc(C(F)(F)F)c(F)c3)CC2C)cc1CC(=O)O. The van der Waals surface area contributed by atoms with Crippen LogP contribution in [0.2, 0.25) is 0 Å². The van der Waals surface area contributed by atoms with E-state index in [1.165, 1.54) is 22.5 Å². The molecular weight excluding hydrogens is 452 g/mol. The Labute approximate surface area is 183 Å². The number of aryl methyl sites for hydroxylation is 1. The van der Waals surface area contributed by atoms with Crippen LogP contribution in [0, 0.1) is 12.7 Å². The second-order valence-corrected chi connectivity index (χ2v) is 9.62. The minimum Gasteiger partial charge on any atom is -0.481 e. The van der Waals surface area contributed by atoms with Crippen LogP contribution in [0.3, 0.4) is 0 Å². The zero-order valence-electron chi connectivity index (χ0n) is 17.4. The standard InChI is InChI=1S/C21H22F4N2O4S/c1-13-3-5-17(9-15(13)10-20(28)29)32(30,31)27-8-7-26(12-14(27)2)16-4-6-18(19(22)11-16)21(23,24)25/h3-6,9,11,14H,7-8,10,12H2,1-2H3,(H,28,29). The first-order valence-corrected chi connectivity index (χ1v) is 11.2. The first-order chi connectivity index (χ1) is 14.8. The molecule has 174 valence electrons. The summed E-state index contributed by atoms with van der Waals surface area (Å²) in [5.74, 6) is -2.46. The Bertz CT molecular complexity index is 1140. The predicted molar refractivity (Wildman–Crippen MR) is 109 cm³/mol. The number of hydrogen-bond acceptors (Lipinski definition) is 4. The van der Waals surface area contributed by atoms with Gasteiger partial charge in [0.1, 0.15) is 5.82 Å². The summed E-state index contributed by atoms with van der Waals surface area (Å²) in [6.45, 7) is 3.68. The van der Waals surface area contributed by atoms with Gasteiger partial charge in [0.25, 0.3) is 0 Å². The van der Waals surface area contributed by atoms with Crippen molar-refractivity contribution in [3.8, 4) is 0 Å². The van der Waals surface area contributed by atoms with E-state index < -0.39 is 39.6 Å². The van der Waals surface area contributed by atoms with Gasteiger partial charge in [-0.25, -0.2) is 12.8 Å². The average Bonchev–Trinajstić information content (AvgIpc) is 2.67. The van der Waals surface area contributed by atoms with Crippen molar-refractivity contribution in [2.45, 2.75) is 37.4 Å². The van der Waals surface area contributed by atoms with Gasteiger partial charge in [-0.2, -0.15) is 17.5 Å². The Kier molecular flexibility index (Phi) is 6.52. The third-order valence-electron chi connectivity index (χ3n) is 5.46. The first kappa shape index (κ1) is 24.0. The van der Waals surface area contributed by atoms with Gasteiger partial charge in [0.2, 0.25) is 10.0 Å². The number of carboxylic acids is 1. The molecule has 1 aliphatic rings. The second-order valence-electron chi connectivity index (χ2n) is 7.73. The van der Waals surface area contributed by atoms with Crippen LogP contribution in [0.5, 0.6) is 0 Å². The fourth-order valence-electron chi connectivity index (χ4n) is 3.76. The zero-order valence-corrected chi connectivity index (χ0v) is 18.2. The summed E-state index contributed by atoms with van der Waals surface area (Å²) in [6.07, 6.45) is -5.10. The molecule has 0 bridgehead atoms. The third kappa shape index (κ3) is 4.88. The Morgan fingerprint density at radius 3 is 2.41 bits per heavy atom. The van der Waals surface area contributed by atoms with Gasteiger partial charge < -0.3 is 10.0 Å². The summed E-state index contributed by atoms with van der Waals surface area (Å²) in [5.41, 5.74) is -0.0656. The van der Waals surface area contributed by atoms with E-state index in [0.29, 0.717) is 17.2 Å². The highest BCUT2D eigenvalue weighted by Crippen LogP contribution is 2.34. The van der Waals surface area contributed by atoms with Gasteiger partial charge in [0.15, 0.2) is 0 Å². The lowest BCUT2D eigenvalue weighted by Crippen LogP contribution is -2.54. The quantitative estimate of drug-likeness (QED) is 0.669. The molecule has 1 N–H and O–H groups in total. The molecule has 3 rings (SSSR count). The van der Waals surface area contributed by atoms with Crippen LogP contribution < -0.4 is 4.90 Å². The van der Waals surface area contributed by atoms with Crippen molar-refractivity contribution in [3.05, 3.63) is 58.9 Å². The van der Waals surface area contributed by atoms with E-state index in [-0.39, 0.29) is 36.6 Å². The van der Waals surface area contributed by atoms with Crippen LogP contribution in [0.1, 0.15) is 23.6 Å². The minimum absolute atomic E-state index is 0.0276. The highest BCUT2D eigenvalue weighted by Gasteiger charge is 2.36. The van der Waals surface area contributed by atoms with Crippen LogP contribution >= 0.6 is 0 Å². The van der Waals surface area contributed by atoms with Crippen molar-refractivity contribution in [3.63, 3.8) is 0 Å². The van der Waals surface area contributed by atoms with Crippen molar-refractivity contribution in [2.75, 3.05) is 24.5 Å². The maximum absolute atomic E-state index is 14.0. The van der Waals surface area contributed by atoms with Crippen molar-refractivity contribution in [2.24, 2.45) is 0 Å². The molecule has 1 aliphatic heterocycles. The molecule has 1 atom stereocenters. The second kappa shape index (κ2) is 8.70. The van der Waals surface area contributed by atoms with Gasteiger partial charge in [-0.1, -0.05) is 6.07 Å². The van der Waals surface area contributed by atoms with Gasteiger partial charge in [-0.15, -0.1) is 0 Å². The van der Waals surface area contributed by atoms with Crippen molar-refractivity contribution < 1.29 is 35.9 Å². The van der Waals surface area contributed by atoms with Gasteiger partial charge in [0, 0.05) is 31.4 Å². The van der Waals surface area contributed by atoms with Crippen LogP contribution in [-0.4, -0.2) is 49.5 Å². The van der Waals surface area contributed by atoms with Crippen LogP contribution in [0.4, 0.5) is 23.2 Å². The predicted octanol–water partition coefficient (Wildman–Crippen LogP) is 3.68. The topological polar surface area (TPSA) is 77.9 Å². The number of rotatable bonds is 5. The summed E-state index contributed by atoms with van der Waals surface area (Å²) < 4.78 is 79.9. The molecule has 32 heavy (non-hydrogen) atoms. The third-order valence-corrected chi connectivity index (χ3v) is 7.47. The number of aliphatic carboxylic acids is 1. The average molecular weight is 474 g/mol. The highest BCUT2D eigenvalue weighted by molar-refractivity contribution is 7.89. The summed E-state index contributed by atoms with van der Waals surface area (Å²) in [5, 5.41) is 9.04. The summed E-state index contributed by atoms with van der Waals surface area (Å²) in [6, 6.07) is 6.41. The van der Waals surface area contributed by atoms with E-state index in [9.17, 15) is 30.8 Å². The van der Waals surface area contributed by atoms with Crippen LogP contribution in [0.15, 0.2) is 41.3 Å². The highest BCUT2D eigenvalue weighted by atomic mass is 32.2. The molecule has 0 saturated carbocycles. The molecule has 0 aromatic heterocycles.